The number of aromatic nitrogens is 1. The molecule has 0 aliphatic carbocycles. The molecule has 1 aromatic heterocycles. The molecule has 152 valence electrons. The second-order valence-corrected chi connectivity index (χ2v) is 8.35. The number of carbonyl (C=O) groups is 1. The molecule has 3 aromatic rings. The number of rotatable bonds is 6. The lowest BCUT2D eigenvalue weighted by atomic mass is 9.76. The van der Waals surface area contributed by atoms with Gasteiger partial charge in [0.25, 0.3) is 0 Å². The van der Waals surface area contributed by atoms with Crippen molar-refractivity contribution < 1.29 is 13.6 Å². The lowest BCUT2D eigenvalue weighted by Crippen LogP contribution is -2.37. The van der Waals surface area contributed by atoms with Crippen LogP contribution in [0.3, 0.4) is 0 Å². The minimum atomic E-state index is -0.731. The number of hydrogen-bond donors (Lipinski definition) is 1. The van der Waals surface area contributed by atoms with Gasteiger partial charge in [0.2, 0.25) is 5.91 Å². The molecular weight excluding hydrogens is 370 g/mol. The number of aryl methyl sites for hydroxylation is 1. The molecule has 0 bridgehead atoms. The van der Waals surface area contributed by atoms with Gasteiger partial charge in [-0.1, -0.05) is 45.0 Å². The Bertz CT molecular complexity index is 1050. The number of anilines is 1. The molecule has 0 fully saturated rings. The normalized spacial score (nSPS) is 13.5. The maximum absolute atomic E-state index is 14.0. The number of nitrogens with one attached hydrogen (secondary N) is 1. The van der Waals surface area contributed by atoms with Crippen molar-refractivity contribution in [3.8, 4) is 0 Å². The highest BCUT2D eigenvalue weighted by molar-refractivity contribution is 5.97. The van der Waals surface area contributed by atoms with E-state index in [2.05, 4.69) is 24.1 Å². The standard InChI is InChI=1S/C24H26F2N2O/c1-15(2)13-24(4,14-17-7-5-9-19(25)11-17)23(29)28-21-12-18-8-6-10-20(26)22(18)27-16(21)3/h5-12,15H,13-14H2,1-4H3,(H,28,29). The molecule has 0 saturated carbocycles. The van der Waals surface area contributed by atoms with Crippen LogP contribution in [-0.2, 0) is 11.2 Å². The Labute approximate surface area is 170 Å². The second-order valence-electron chi connectivity index (χ2n) is 8.35. The molecule has 1 atom stereocenters. The van der Waals surface area contributed by atoms with E-state index in [4.69, 9.17) is 0 Å². The van der Waals surface area contributed by atoms with Gasteiger partial charge in [-0.05, 0) is 55.5 Å². The summed E-state index contributed by atoms with van der Waals surface area (Å²) < 4.78 is 27.6. The first-order chi connectivity index (χ1) is 13.7. The van der Waals surface area contributed by atoms with Crippen LogP contribution in [-0.4, -0.2) is 10.9 Å². The SMILES string of the molecule is Cc1nc2c(F)cccc2cc1NC(=O)C(C)(Cc1cccc(F)c1)CC(C)C. The largest absolute Gasteiger partial charge is 0.324 e. The third-order valence-corrected chi connectivity index (χ3v) is 5.13. The summed E-state index contributed by atoms with van der Waals surface area (Å²) in [6.45, 7) is 7.76. The van der Waals surface area contributed by atoms with Crippen LogP contribution in [0.5, 0.6) is 0 Å². The van der Waals surface area contributed by atoms with Crippen molar-refractivity contribution in [1.82, 2.24) is 4.98 Å². The van der Waals surface area contributed by atoms with E-state index in [9.17, 15) is 13.6 Å². The summed E-state index contributed by atoms with van der Waals surface area (Å²) in [6.07, 6.45) is 1.06. The number of pyridine rings is 1. The van der Waals surface area contributed by atoms with E-state index < -0.39 is 5.41 Å². The molecule has 1 heterocycles. The minimum Gasteiger partial charge on any atom is -0.324 e. The van der Waals surface area contributed by atoms with E-state index in [-0.39, 0.29) is 29.0 Å². The Morgan fingerprint density at radius 2 is 1.86 bits per heavy atom. The summed E-state index contributed by atoms with van der Waals surface area (Å²) >= 11 is 0. The zero-order chi connectivity index (χ0) is 21.2. The van der Waals surface area contributed by atoms with Crippen LogP contribution in [0.2, 0.25) is 0 Å². The van der Waals surface area contributed by atoms with E-state index in [0.29, 0.717) is 29.6 Å². The summed E-state index contributed by atoms with van der Waals surface area (Å²) in [7, 11) is 0. The van der Waals surface area contributed by atoms with E-state index in [1.807, 2.05) is 13.0 Å². The van der Waals surface area contributed by atoms with Crippen LogP contribution in [0.4, 0.5) is 14.5 Å². The number of hydrogen-bond acceptors (Lipinski definition) is 2. The summed E-state index contributed by atoms with van der Waals surface area (Å²) in [5.74, 6) is -0.578. The van der Waals surface area contributed by atoms with Gasteiger partial charge in [0.1, 0.15) is 17.2 Å². The van der Waals surface area contributed by atoms with Gasteiger partial charge in [0.15, 0.2) is 0 Å². The summed E-state index contributed by atoms with van der Waals surface area (Å²) in [6, 6.07) is 12.9. The number of nitrogens with zero attached hydrogens (tertiary/aromatic N) is 1. The Morgan fingerprint density at radius 1 is 1.14 bits per heavy atom. The van der Waals surface area contributed by atoms with Crippen LogP contribution in [0.25, 0.3) is 10.9 Å². The summed E-state index contributed by atoms with van der Waals surface area (Å²) in [4.78, 5) is 17.6. The average molecular weight is 396 g/mol. The Hall–Kier alpha value is -2.82. The molecule has 3 nitrogen and oxygen atoms in total. The number of fused-ring (bicyclic) bond motifs is 1. The molecule has 2 aromatic carbocycles. The maximum atomic E-state index is 14.0. The van der Waals surface area contributed by atoms with Gasteiger partial charge in [-0.15, -0.1) is 0 Å². The molecule has 0 spiro atoms. The Balaban J connectivity index is 1.92. The summed E-state index contributed by atoms with van der Waals surface area (Å²) in [5.41, 5.74) is 1.44. The zero-order valence-corrected chi connectivity index (χ0v) is 17.2. The number of benzene rings is 2. The van der Waals surface area contributed by atoms with Gasteiger partial charge in [0.05, 0.1) is 16.8 Å². The van der Waals surface area contributed by atoms with Gasteiger partial charge in [-0.3, -0.25) is 4.79 Å². The molecule has 5 heteroatoms. The molecular formula is C24H26F2N2O. The molecule has 0 aliphatic rings. The fraction of sp³-hybridized carbons (Fsp3) is 0.333. The highest BCUT2D eigenvalue weighted by atomic mass is 19.1. The zero-order valence-electron chi connectivity index (χ0n) is 17.2. The van der Waals surface area contributed by atoms with Crippen LogP contribution >= 0.6 is 0 Å². The first-order valence-electron chi connectivity index (χ1n) is 9.80. The first-order valence-corrected chi connectivity index (χ1v) is 9.80. The van der Waals surface area contributed by atoms with Crippen LogP contribution < -0.4 is 5.32 Å². The molecule has 1 unspecified atom stereocenters. The minimum absolute atomic E-state index is 0.156. The third kappa shape index (κ3) is 4.78. The predicted octanol–water partition coefficient (Wildman–Crippen LogP) is 6.06. The maximum Gasteiger partial charge on any atom is 0.230 e. The van der Waals surface area contributed by atoms with Crippen molar-refractivity contribution in [3.63, 3.8) is 0 Å². The molecule has 3 rings (SSSR count). The fourth-order valence-corrected chi connectivity index (χ4v) is 3.90. The molecule has 1 N–H and O–H groups in total. The number of carbonyl (C=O) groups excluding carboxylic acids is 1. The van der Waals surface area contributed by atoms with Crippen molar-refractivity contribution >= 4 is 22.5 Å². The van der Waals surface area contributed by atoms with E-state index in [1.54, 1.807) is 31.2 Å². The van der Waals surface area contributed by atoms with E-state index in [0.717, 1.165) is 5.56 Å². The van der Waals surface area contributed by atoms with Crippen molar-refractivity contribution in [3.05, 3.63) is 71.4 Å². The highest BCUT2D eigenvalue weighted by Crippen LogP contribution is 2.33. The van der Waals surface area contributed by atoms with Gasteiger partial charge < -0.3 is 5.32 Å². The van der Waals surface area contributed by atoms with Crippen molar-refractivity contribution in [1.29, 1.82) is 0 Å². The fourth-order valence-electron chi connectivity index (χ4n) is 3.90. The van der Waals surface area contributed by atoms with Gasteiger partial charge >= 0.3 is 0 Å². The molecule has 0 aliphatic heterocycles. The molecule has 29 heavy (non-hydrogen) atoms. The van der Waals surface area contributed by atoms with Crippen molar-refractivity contribution in [2.45, 2.75) is 40.5 Å². The van der Waals surface area contributed by atoms with E-state index in [1.165, 1.54) is 18.2 Å². The van der Waals surface area contributed by atoms with Crippen LogP contribution in [0, 0.1) is 29.9 Å². The van der Waals surface area contributed by atoms with Crippen LogP contribution in [0.15, 0.2) is 48.5 Å². The number of amides is 1. The van der Waals surface area contributed by atoms with Crippen LogP contribution in [0.1, 0.15) is 38.4 Å². The second kappa shape index (κ2) is 8.27. The third-order valence-electron chi connectivity index (χ3n) is 5.13. The lowest BCUT2D eigenvalue weighted by Gasteiger charge is -2.30. The molecule has 0 saturated heterocycles. The first kappa shape index (κ1) is 20.9. The monoisotopic (exact) mass is 396 g/mol. The van der Waals surface area contributed by atoms with Crippen molar-refractivity contribution in [2.75, 3.05) is 5.32 Å². The number of halogens is 2. The van der Waals surface area contributed by atoms with Gasteiger partial charge in [-0.25, -0.2) is 13.8 Å². The summed E-state index contributed by atoms with van der Waals surface area (Å²) in [5, 5.41) is 3.61. The smallest absolute Gasteiger partial charge is 0.230 e. The predicted molar refractivity (Wildman–Crippen MR) is 113 cm³/mol. The Morgan fingerprint density at radius 3 is 2.55 bits per heavy atom. The highest BCUT2D eigenvalue weighted by Gasteiger charge is 2.34. The topological polar surface area (TPSA) is 42.0 Å². The quantitative estimate of drug-likeness (QED) is 0.551. The number of para-hydroxylation sites is 1. The average Bonchev–Trinajstić information content (AvgIpc) is 2.62. The molecule has 1 amide bonds. The molecule has 0 radical (unpaired) electrons. The van der Waals surface area contributed by atoms with Gasteiger partial charge in [0, 0.05) is 5.39 Å². The van der Waals surface area contributed by atoms with Gasteiger partial charge in [-0.2, -0.15) is 0 Å². The van der Waals surface area contributed by atoms with Crippen molar-refractivity contribution in [2.24, 2.45) is 11.3 Å². The van der Waals surface area contributed by atoms with E-state index >= 15 is 0 Å². The lowest BCUT2D eigenvalue weighted by molar-refractivity contribution is -0.125. The Kier molecular flexibility index (Phi) is 5.96.